The predicted molar refractivity (Wildman–Crippen MR) is 62.6 cm³/mol. The van der Waals surface area contributed by atoms with Gasteiger partial charge in [-0.15, -0.1) is 0 Å². The molecular formula is C10H13N3OS. The molecule has 0 bridgehead atoms. The number of thiocarbonyl (C=S) groups is 1. The van der Waals surface area contributed by atoms with E-state index >= 15 is 0 Å². The molecule has 0 unspecified atom stereocenters. The van der Waals surface area contributed by atoms with E-state index in [1.807, 2.05) is 0 Å². The fourth-order valence-electron chi connectivity index (χ4n) is 1.06. The van der Waals surface area contributed by atoms with Gasteiger partial charge in [-0.2, -0.15) is 0 Å². The van der Waals surface area contributed by atoms with Gasteiger partial charge in [-0.05, 0) is 12.1 Å². The summed E-state index contributed by atoms with van der Waals surface area (Å²) >= 11 is 4.74. The van der Waals surface area contributed by atoms with Gasteiger partial charge in [0.2, 0.25) is 0 Å². The molecule has 0 aromatic carbocycles. The highest BCUT2D eigenvalue weighted by Crippen LogP contribution is 1.99. The number of aromatic nitrogens is 1. The van der Waals surface area contributed by atoms with Crippen LogP contribution in [0, 0.1) is 0 Å². The highest BCUT2D eigenvalue weighted by molar-refractivity contribution is 7.80. The molecule has 80 valence electrons. The van der Waals surface area contributed by atoms with Gasteiger partial charge in [0.15, 0.2) is 0 Å². The number of hydrogen-bond acceptors (Lipinski definition) is 3. The van der Waals surface area contributed by atoms with Crippen LogP contribution in [0.2, 0.25) is 0 Å². The first kappa shape index (κ1) is 11.6. The standard InChI is InChI=1S/C10H13N3OS/c1-13(7-5-9(11)15)10(14)8-4-2-3-6-12-8/h2-4,6H,5,7H2,1H3,(H2,11,15). The molecule has 0 atom stereocenters. The van der Waals surface area contributed by atoms with E-state index in [4.69, 9.17) is 18.0 Å². The summed E-state index contributed by atoms with van der Waals surface area (Å²) < 4.78 is 0. The van der Waals surface area contributed by atoms with Gasteiger partial charge in [0.05, 0.1) is 4.99 Å². The van der Waals surface area contributed by atoms with Gasteiger partial charge in [0.1, 0.15) is 5.69 Å². The topological polar surface area (TPSA) is 59.2 Å². The summed E-state index contributed by atoms with van der Waals surface area (Å²) in [6.45, 7) is 0.519. The van der Waals surface area contributed by atoms with E-state index in [-0.39, 0.29) is 5.91 Å². The monoisotopic (exact) mass is 223 g/mol. The molecule has 4 nitrogen and oxygen atoms in total. The Hall–Kier alpha value is -1.49. The van der Waals surface area contributed by atoms with Gasteiger partial charge in [-0.3, -0.25) is 9.78 Å². The maximum Gasteiger partial charge on any atom is 0.272 e. The molecule has 1 amide bonds. The van der Waals surface area contributed by atoms with Gasteiger partial charge in [-0.25, -0.2) is 0 Å². The molecule has 1 rings (SSSR count). The Balaban J connectivity index is 2.57. The second-order valence-electron chi connectivity index (χ2n) is 3.16. The smallest absolute Gasteiger partial charge is 0.272 e. The largest absolute Gasteiger partial charge is 0.393 e. The van der Waals surface area contributed by atoms with Crippen LogP contribution in [0.4, 0.5) is 0 Å². The Kier molecular flexibility index (Phi) is 4.17. The van der Waals surface area contributed by atoms with Gasteiger partial charge in [0.25, 0.3) is 5.91 Å². The van der Waals surface area contributed by atoms with Crippen LogP contribution in [0.5, 0.6) is 0 Å². The number of rotatable bonds is 4. The van der Waals surface area contributed by atoms with E-state index in [0.717, 1.165) is 0 Å². The predicted octanol–water partition coefficient (Wildman–Crippen LogP) is 0.830. The molecule has 0 fully saturated rings. The first-order chi connectivity index (χ1) is 7.11. The van der Waals surface area contributed by atoms with Gasteiger partial charge >= 0.3 is 0 Å². The lowest BCUT2D eigenvalue weighted by Gasteiger charge is -2.15. The molecular weight excluding hydrogens is 210 g/mol. The van der Waals surface area contributed by atoms with Crippen molar-refractivity contribution >= 4 is 23.1 Å². The number of nitrogens with zero attached hydrogens (tertiary/aromatic N) is 2. The Morgan fingerprint density at radius 3 is 2.87 bits per heavy atom. The molecule has 0 aliphatic heterocycles. The normalized spacial score (nSPS) is 9.67. The van der Waals surface area contributed by atoms with Crippen molar-refractivity contribution in [1.29, 1.82) is 0 Å². The van der Waals surface area contributed by atoms with Crippen molar-refractivity contribution in [3.05, 3.63) is 30.1 Å². The number of hydrogen-bond donors (Lipinski definition) is 1. The highest BCUT2D eigenvalue weighted by atomic mass is 32.1. The van der Waals surface area contributed by atoms with E-state index in [9.17, 15) is 4.79 Å². The van der Waals surface area contributed by atoms with Crippen LogP contribution >= 0.6 is 12.2 Å². The van der Waals surface area contributed by atoms with Gasteiger partial charge < -0.3 is 10.6 Å². The van der Waals surface area contributed by atoms with Crippen LogP contribution in [0.25, 0.3) is 0 Å². The lowest BCUT2D eigenvalue weighted by atomic mass is 10.3. The van der Waals surface area contributed by atoms with Crippen LogP contribution in [0.1, 0.15) is 16.9 Å². The molecule has 2 N–H and O–H groups in total. The fourth-order valence-corrected chi connectivity index (χ4v) is 1.16. The quantitative estimate of drug-likeness (QED) is 0.768. The zero-order valence-corrected chi connectivity index (χ0v) is 9.33. The third kappa shape index (κ3) is 3.63. The van der Waals surface area contributed by atoms with Crippen molar-refractivity contribution in [2.24, 2.45) is 5.73 Å². The number of amides is 1. The lowest BCUT2D eigenvalue weighted by molar-refractivity contribution is 0.0793. The second-order valence-corrected chi connectivity index (χ2v) is 3.68. The Labute approximate surface area is 94.1 Å². The SMILES string of the molecule is CN(CCC(N)=S)C(=O)c1ccccn1. The van der Waals surface area contributed by atoms with Crippen LogP contribution in [0.3, 0.4) is 0 Å². The average Bonchev–Trinajstić information content (AvgIpc) is 2.26. The van der Waals surface area contributed by atoms with E-state index in [2.05, 4.69) is 4.98 Å². The van der Waals surface area contributed by atoms with Crippen molar-refractivity contribution in [2.75, 3.05) is 13.6 Å². The fraction of sp³-hybridized carbons (Fsp3) is 0.300. The zero-order valence-electron chi connectivity index (χ0n) is 8.51. The Morgan fingerprint density at radius 2 is 2.33 bits per heavy atom. The highest BCUT2D eigenvalue weighted by Gasteiger charge is 2.11. The molecule has 0 radical (unpaired) electrons. The van der Waals surface area contributed by atoms with Crippen molar-refractivity contribution < 1.29 is 4.79 Å². The summed E-state index contributed by atoms with van der Waals surface area (Å²) in [6.07, 6.45) is 2.12. The van der Waals surface area contributed by atoms with Crippen molar-refractivity contribution in [3.63, 3.8) is 0 Å². The Morgan fingerprint density at radius 1 is 1.60 bits per heavy atom. The van der Waals surface area contributed by atoms with Gasteiger partial charge in [-0.1, -0.05) is 18.3 Å². The summed E-state index contributed by atoms with van der Waals surface area (Å²) in [4.78, 5) is 17.7. The van der Waals surface area contributed by atoms with Crippen LogP contribution in [0.15, 0.2) is 24.4 Å². The molecule has 0 aliphatic carbocycles. The third-order valence-electron chi connectivity index (χ3n) is 1.92. The Bertz CT molecular complexity index is 353. The molecule has 0 saturated carbocycles. The first-order valence-corrected chi connectivity index (χ1v) is 4.97. The maximum absolute atomic E-state index is 11.7. The minimum atomic E-state index is -0.119. The van der Waals surface area contributed by atoms with Crippen molar-refractivity contribution in [3.8, 4) is 0 Å². The maximum atomic E-state index is 11.7. The number of carbonyl (C=O) groups excluding carboxylic acids is 1. The van der Waals surface area contributed by atoms with E-state index < -0.39 is 0 Å². The summed E-state index contributed by atoms with van der Waals surface area (Å²) in [5, 5.41) is 0. The summed E-state index contributed by atoms with van der Waals surface area (Å²) in [5.74, 6) is -0.119. The average molecular weight is 223 g/mol. The van der Waals surface area contributed by atoms with E-state index in [1.54, 1.807) is 36.3 Å². The summed E-state index contributed by atoms with van der Waals surface area (Å²) in [7, 11) is 1.70. The van der Waals surface area contributed by atoms with Crippen LogP contribution in [-0.2, 0) is 0 Å². The first-order valence-electron chi connectivity index (χ1n) is 4.56. The number of nitrogens with two attached hydrogens (primary N) is 1. The molecule has 1 aromatic heterocycles. The van der Waals surface area contributed by atoms with Crippen LogP contribution in [-0.4, -0.2) is 34.4 Å². The lowest BCUT2D eigenvalue weighted by Crippen LogP contribution is -2.30. The van der Waals surface area contributed by atoms with Gasteiger partial charge in [0, 0.05) is 26.2 Å². The zero-order chi connectivity index (χ0) is 11.3. The minimum absolute atomic E-state index is 0.119. The molecule has 5 heteroatoms. The molecule has 15 heavy (non-hydrogen) atoms. The summed E-state index contributed by atoms with van der Waals surface area (Å²) in [6, 6.07) is 5.23. The van der Waals surface area contributed by atoms with Crippen LogP contribution < -0.4 is 5.73 Å². The molecule has 0 spiro atoms. The third-order valence-corrected chi connectivity index (χ3v) is 2.13. The minimum Gasteiger partial charge on any atom is -0.393 e. The summed E-state index contributed by atoms with van der Waals surface area (Å²) in [5.41, 5.74) is 5.79. The second kappa shape index (κ2) is 5.41. The van der Waals surface area contributed by atoms with E-state index in [1.165, 1.54) is 0 Å². The van der Waals surface area contributed by atoms with E-state index in [0.29, 0.717) is 23.6 Å². The molecule has 1 aromatic rings. The molecule has 0 aliphatic rings. The molecule has 1 heterocycles. The van der Waals surface area contributed by atoms with Crippen molar-refractivity contribution in [2.45, 2.75) is 6.42 Å². The van der Waals surface area contributed by atoms with Crippen molar-refractivity contribution in [1.82, 2.24) is 9.88 Å². The molecule has 0 saturated heterocycles. The number of pyridine rings is 1. The number of carbonyl (C=O) groups is 1.